The number of thioether (sulfide) groups is 1. The first-order chi connectivity index (χ1) is 7.15. The molecule has 0 unspecified atom stereocenters. The van der Waals surface area contributed by atoms with E-state index in [0.29, 0.717) is 0 Å². The fourth-order valence-corrected chi connectivity index (χ4v) is 2.71. The van der Waals surface area contributed by atoms with Crippen molar-refractivity contribution >= 4 is 23.4 Å². The van der Waals surface area contributed by atoms with E-state index >= 15 is 0 Å². The van der Waals surface area contributed by atoms with Crippen LogP contribution in [0.15, 0.2) is 23.1 Å². The van der Waals surface area contributed by atoms with Crippen LogP contribution in [-0.2, 0) is 6.61 Å². The summed E-state index contributed by atoms with van der Waals surface area (Å²) in [5, 5.41) is 9.90. The molecule has 0 aliphatic carbocycles. The van der Waals surface area contributed by atoms with Gasteiger partial charge in [0.1, 0.15) is 0 Å². The Morgan fingerprint density at radius 3 is 2.73 bits per heavy atom. The van der Waals surface area contributed by atoms with Crippen molar-refractivity contribution in [2.75, 3.05) is 26.4 Å². The highest BCUT2D eigenvalue weighted by Gasteiger charge is 2.06. The van der Waals surface area contributed by atoms with Crippen LogP contribution < -0.4 is 0 Å². The first-order valence-corrected chi connectivity index (χ1v) is 6.17. The van der Waals surface area contributed by atoms with Crippen LogP contribution in [0.3, 0.4) is 0 Å². The van der Waals surface area contributed by atoms with Gasteiger partial charge in [-0.3, -0.25) is 0 Å². The van der Waals surface area contributed by atoms with Crippen LogP contribution in [0.2, 0.25) is 5.02 Å². The van der Waals surface area contributed by atoms with Crippen molar-refractivity contribution in [1.29, 1.82) is 0 Å². The molecule has 0 atom stereocenters. The van der Waals surface area contributed by atoms with E-state index in [-0.39, 0.29) is 6.61 Å². The number of aliphatic hydroxyl groups is 1. The molecule has 4 heteroatoms. The maximum Gasteiger partial charge on any atom is 0.0693 e. The summed E-state index contributed by atoms with van der Waals surface area (Å²) in [5.41, 5.74) is 0.909. The summed E-state index contributed by atoms with van der Waals surface area (Å²) in [6, 6.07) is 5.63. The Bertz CT molecular complexity index is 317. The zero-order valence-corrected chi connectivity index (χ0v) is 10.6. The quantitative estimate of drug-likeness (QED) is 0.807. The Hall–Kier alpha value is -0.220. The van der Waals surface area contributed by atoms with Crippen molar-refractivity contribution < 1.29 is 5.11 Å². The maximum absolute atomic E-state index is 9.17. The van der Waals surface area contributed by atoms with E-state index in [2.05, 4.69) is 4.90 Å². The van der Waals surface area contributed by atoms with E-state index in [0.717, 1.165) is 27.8 Å². The molecule has 1 aromatic rings. The second kappa shape index (κ2) is 6.38. The highest BCUT2D eigenvalue weighted by molar-refractivity contribution is 7.99. The van der Waals surface area contributed by atoms with E-state index in [1.165, 1.54) is 0 Å². The van der Waals surface area contributed by atoms with Gasteiger partial charge in [-0.15, -0.1) is 11.8 Å². The van der Waals surface area contributed by atoms with Crippen molar-refractivity contribution in [1.82, 2.24) is 4.90 Å². The predicted molar refractivity (Wildman–Crippen MR) is 66.7 cm³/mol. The molecule has 0 fully saturated rings. The van der Waals surface area contributed by atoms with Crippen molar-refractivity contribution in [2.24, 2.45) is 0 Å². The van der Waals surface area contributed by atoms with Gasteiger partial charge in [0.2, 0.25) is 0 Å². The number of rotatable bonds is 5. The third kappa shape index (κ3) is 4.03. The highest BCUT2D eigenvalue weighted by Crippen LogP contribution is 2.30. The molecule has 84 valence electrons. The van der Waals surface area contributed by atoms with Gasteiger partial charge in [-0.2, -0.15) is 0 Å². The van der Waals surface area contributed by atoms with Gasteiger partial charge in [0, 0.05) is 17.2 Å². The average Bonchev–Trinajstić information content (AvgIpc) is 2.20. The minimum atomic E-state index is 0.0465. The Balaban J connectivity index is 2.66. The van der Waals surface area contributed by atoms with Gasteiger partial charge in [0.25, 0.3) is 0 Å². The standard InChI is InChI=1S/C11H16ClNOS/c1-13(2)6-7-15-11-9(8-14)4-3-5-10(11)12/h3-5,14H,6-8H2,1-2H3. The fraction of sp³-hybridized carbons (Fsp3) is 0.455. The molecular weight excluding hydrogens is 230 g/mol. The van der Waals surface area contributed by atoms with Crippen LogP contribution in [0.4, 0.5) is 0 Å². The van der Waals surface area contributed by atoms with E-state index in [9.17, 15) is 0 Å². The van der Waals surface area contributed by atoms with Crippen LogP contribution in [0.1, 0.15) is 5.56 Å². The van der Waals surface area contributed by atoms with Gasteiger partial charge >= 0.3 is 0 Å². The number of aliphatic hydroxyl groups excluding tert-OH is 1. The van der Waals surface area contributed by atoms with Crippen molar-refractivity contribution in [3.05, 3.63) is 28.8 Å². The predicted octanol–water partition coefficient (Wildman–Crippen LogP) is 2.49. The second-order valence-corrected chi connectivity index (χ2v) is 5.05. The molecule has 0 amide bonds. The molecule has 15 heavy (non-hydrogen) atoms. The maximum atomic E-state index is 9.17. The summed E-state index contributed by atoms with van der Waals surface area (Å²) in [4.78, 5) is 3.13. The lowest BCUT2D eigenvalue weighted by Crippen LogP contribution is -2.14. The largest absolute Gasteiger partial charge is 0.392 e. The lowest BCUT2D eigenvalue weighted by Gasteiger charge is -2.11. The normalized spacial score (nSPS) is 11.0. The molecule has 0 aliphatic heterocycles. The Kier molecular flexibility index (Phi) is 5.47. The van der Waals surface area contributed by atoms with Gasteiger partial charge < -0.3 is 10.0 Å². The molecule has 0 saturated carbocycles. The average molecular weight is 246 g/mol. The SMILES string of the molecule is CN(C)CCSc1c(Cl)cccc1CO. The highest BCUT2D eigenvalue weighted by atomic mass is 35.5. The third-order valence-corrected chi connectivity index (χ3v) is 3.59. The molecule has 0 aromatic heterocycles. The summed E-state index contributed by atoms with van der Waals surface area (Å²) < 4.78 is 0. The van der Waals surface area contributed by atoms with E-state index < -0.39 is 0 Å². The molecule has 0 spiro atoms. The molecule has 0 aliphatic rings. The van der Waals surface area contributed by atoms with E-state index in [4.69, 9.17) is 16.7 Å². The van der Waals surface area contributed by atoms with Gasteiger partial charge in [-0.05, 0) is 25.7 Å². The lowest BCUT2D eigenvalue weighted by molar-refractivity contribution is 0.279. The van der Waals surface area contributed by atoms with Crippen LogP contribution in [0.25, 0.3) is 0 Å². The zero-order valence-electron chi connectivity index (χ0n) is 9.03. The molecule has 0 saturated heterocycles. The summed E-state index contributed by atoms with van der Waals surface area (Å²) in [7, 11) is 4.08. The van der Waals surface area contributed by atoms with Gasteiger partial charge in [-0.25, -0.2) is 0 Å². The number of hydrogen-bond acceptors (Lipinski definition) is 3. The Morgan fingerprint density at radius 1 is 1.40 bits per heavy atom. The molecule has 0 heterocycles. The summed E-state index contributed by atoms with van der Waals surface area (Å²) in [6.45, 7) is 1.05. The van der Waals surface area contributed by atoms with Crippen molar-refractivity contribution in [3.63, 3.8) is 0 Å². The van der Waals surface area contributed by atoms with Crippen LogP contribution in [-0.4, -0.2) is 36.4 Å². The second-order valence-electron chi connectivity index (χ2n) is 3.54. The molecule has 1 N–H and O–H groups in total. The molecular formula is C11H16ClNOS. The van der Waals surface area contributed by atoms with Crippen molar-refractivity contribution in [3.8, 4) is 0 Å². The minimum absolute atomic E-state index is 0.0465. The molecule has 1 rings (SSSR count). The summed E-state index contributed by atoms with van der Waals surface area (Å²) in [5.74, 6) is 0.976. The lowest BCUT2D eigenvalue weighted by atomic mass is 10.2. The molecule has 0 bridgehead atoms. The number of hydrogen-bond donors (Lipinski definition) is 1. The minimum Gasteiger partial charge on any atom is -0.392 e. The first kappa shape index (κ1) is 12.8. The summed E-state index contributed by atoms with van der Waals surface area (Å²) >= 11 is 7.77. The van der Waals surface area contributed by atoms with E-state index in [1.807, 2.05) is 32.3 Å². The Labute approximate surface area is 100 Å². The van der Waals surface area contributed by atoms with Gasteiger partial charge in [0.15, 0.2) is 0 Å². The number of nitrogens with zero attached hydrogens (tertiary/aromatic N) is 1. The van der Waals surface area contributed by atoms with Gasteiger partial charge in [-0.1, -0.05) is 23.7 Å². The topological polar surface area (TPSA) is 23.5 Å². The number of halogens is 1. The smallest absolute Gasteiger partial charge is 0.0693 e. The first-order valence-electron chi connectivity index (χ1n) is 4.81. The fourth-order valence-electron chi connectivity index (χ4n) is 1.17. The van der Waals surface area contributed by atoms with Crippen molar-refractivity contribution in [2.45, 2.75) is 11.5 Å². The third-order valence-electron chi connectivity index (χ3n) is 2.00. The van der Waals surface area contributed by atoms with Crippen LogP contribution >= 0.6 is 23.4 Å². The molecule has 1 aromatic carbocycles. The van der Waals surface area contributed by atoms with Crippen LogP contribution in [0.5, 0.6) is 0 Å². The monoisotopic (exact) mass is 245 g/mol. The van der Waals surface area contributed by atoms with Gasteiger partial charge in [0.05, 0.1) is 11.6 Å². The zero-order chi connectivity index (χ0) is 11.3. The van der Waals surface area contributed by atoms with E-state index in [1.54, 1.807) is 11.8 Å². The molecule has 2 nitrogen and oxygen atoms in total. The number of benzene rings is 1. The Morgan fingerprint density at radius 2 is 2.13 bits per heavy atom. The van der Waals surface area contributed by atoms with Crippen LogP contribution in [0, 0.1) is 0 Å². The summed E-state index contributed by atoms with van der Waals surface area (Å²) in [6.07, 6.45) is 0. The molecule has 0 radical (unpaired) electrons.